The Balaban J connectivity index is 2.90. The molecule has 0 bridgehead atoms. The third-order valence-electron chi connectivity index (χ3n) is 1.10. The standard InChI is InChI=1S/C9H4FO/c10-9-5-3-8(4-6-9)2-1-7-11/h3-6H/q-1. The first kappa shape index (κ1) is 7.49. The summed E-state index contributed by atoms with van der Waals surface area (Å²) in [7, 11) is 0. The van der Waals surface area contributed by atoms with E-state index in [4.69, 9.17) is 0 Å². The van der Waals surface area contributed by atoms with Crippen LogP contribution in [-0.4, -0.2) is 6.29 Å². The summed E-state index contributed by atoms with van der Waals surface area (Å²) in [5.41, 5.74) is 0.606. The van der Waals surface area contributed by atoms with Gasteiger partial charge in [-0.3, -0.25) is 11.8 Å². The highest BCUT2D eigenvalue weighted by molar-refractivity contribution is 5.74. The highest BCUT2D eigenvalue weighted by Gasteiger charge is 1.82. The summed E-state index contributed by atoms with van der Waals surface area (Å²) in [5, 5.41) is 0. The molecule has 0 aromatic heterocycles. The number of hydrogen-bond acceptors (Lipinski definition) is 1. The summed E-state index contributed by atoms with van der Waals surface area (Å²) in [4.78, 5) is 9.67. The van der Waals surface area contributed by atoms with E-state index >= 15 is 0 Å². The Morgan fingerprint density at radius 1 is 1.27 bits per heavy atom. The Kier molecular flexibility index (Phi) is 2.40. The second kappa shape index (κ2) is 3.52. The van der Waals surface area contributed by atoms with Crippen molar-refractivity contribution in [3.05, 3.63) is 35.6 Å². The van der Waals surface area contributed by atoms with Crippen LogP contribution in [-0.2, 0) is 4.79 Å². The molecule has 2 heteroatoms. The molecule has 1 aromatic carbocycles. The molecule has 0 amide bonds. The minimum atomic E-state index is -0.314. The first-order valence-corrected chi connectivity index (χ1v) is 2.96. The number of benzene rings is 1. The number of rotatable bonds is 0. The van der Waals surface area contributed by atoms with Crippen LogP contribution in [0, 0.1) is 17.7 Å². The highest BCUT2D eigenvalue weighted by Crippen LogP contribution is 1.99. The van der Waals surface area contributed by atoms with Crippen molar-refractivity contribution in [2.75, 3.05) is 0 Å². The van der Waals surface area contributed by atoms with Crippen LogP contribution in [0.25, 0.3) is 0 Å². The lowest BCUT2D eigenvalue weighted by molar-refractivity contribution is 0.566. The molecule has 0 radical (unpaired) electrons. The van der Waals surface area contributed by atoms with Crippen molar-refractivity contribution in [3.8, 4) is 11.8 Å². The highest BCUT2D eigenvalue weighted by atomic mass is 19.1. The zero-order chi connectivity index (χ0) is 8.10. The SMILES string of the molecule is O=[C-]C#Cc1ccc(F)cc1. The van der Waals surface area contributed by atoms with Gasteiger partial charge in [-0.05, 0) is 12.1 Å². The lowest BCUT2D eigenvalue weighted by atomic mass is 10.2. The van der Waals surface area contributed by atoms with Crippen LogP contribution in [0.4, 0.5) is 4.39 Å². The molecule has 0 aliphatic rings. The summed E-state index contributed by atoms with van der Waals surface area (Å²) < 4.78 is 12.3. The van der Waals surface area contributed by atoms with E-state index in [0.717, 1.165) is 0 Å². The van der Waals surface area contributed by atoms with Crippen molar-refractivity contribution in [1.82, 2.24) is 0 Å². The van der Waals surface area contributed by atoms with Gasteiger partial charge < -0.3 is 4.79 Å². The zero-order valence-electron chi connectivity index (χ0n) is 5.60. The topological polar surface area (TPSA) is 17.1 Å². The summed E-state index contributed by atoms with van der Waals surface area (Å²) in [6.07, 6.45) is 1.43. The number of carbonyl (C=O) groups excluding carboxylic acids is 1. The maximum absolute atomic E-state index is 12.3. The molecule has 0 aliphatic carbocycles. The maximum atomic E-state index is 12.3. The van der Waals surface area contributed by atoms with Gasteiger partial charge in [-0.15, -0.1) is 0 Å². The van der Waals surface area contributed by atoms with Crippen molar-refractivity contribution in [3.63, 3.8) is 0 Å². The van der Waals surface area contributed by atoms with Gasteiger partial charge >= 0.3 is 0 Å². The van der Waals surface area contributed by atoms with E-state index in [1.54, 1.807) is 0 Å². The molecule has 0 saturated heterocycles. The molecule has 1 aromatic rings. The van der Waals surface area contributed by atoms with Crippen molar-refractivity contribution in [1.29, 1.82) is 0 Å². The largest absolute Gasteiger partial charge is 0.409 e. The van der Waals surface area contributed by atoms with Gasteiger partial charge in [-0.1, -0.05) is 17.7 Å². The van der Waals surface area contributed by atoms with E-state index in [9.17, 15) is 9.18 Å². The molecule has 1 rings (SSSR count). The zero-order valence-corrected chi connectivity index (χ0v) is 5.60. The van der Waals surface area contributed by atoms with Gasteiger partial charge in [-0.25, -0.2) is 4.39 Å². The van der Waals surface area contributed by atoms with Crippen molar-refractivity contribution in [2.24, 2.45) is 0 Å². The van der Waals surface area contributed by atoms with E-state index in [-0.39, 0.29) is 5.82 Å². The maximum Gasteiger partial charge on any atom is 0.123 e. The number of hydrogen-bond donors (Lipinski definition) is 0. The van der Waals surface area contributed by atoms with Gasteiger partial charge in [0.25, 0.3) is 0 Å². The minimum Gasteiger partial charge on any atom is -0.409 e. The van der Waals surface area contributed by atoms with Crippen molar-refractivity contribution < 1.29 is 9.18 Å². The molecule has 0 N–H and O–H groups in total. The molecular formula is C9H4FO-. The third kappa shape index (κ3) is 2.23. The Labute approximate surface area is 63.9 Å². The van der Waals surface area contributed by atoms with Crippen LogP contribution in [0.5, 0.6) is 0 Å². The van der Waals surface area contributed by atoms with Crippen LogP contribution in [0.3, 0.4) is 0 Å². The quantitative estimate of drug-likeness (QED) is 0.399. The average Bonchev–Trinajstić information content (AvgIpc) is 2.04. The van der Waals surface area contributed by atoms with E-state index in [1.165, 1.54) is 30.6 Å². The average molecular weight is 147 g/mol. The molecule has 1 nitrogen and oxygen atoms in total. The lowest BCUT2D eigenvalue weighted by Gasteiger charge is -1.93. The van der Waals surface area contributed by atoms with Gasteiger partial charge in [0.1, 0.15) is 5.82 Å². The molecule has 0 atom stereocenters. The third-order valence-corrected chi connectivity index (χ3v) is 1.10. The summed E-state index contributed by atoms with van der Waals surface area (Å²) >= 11 is 0. The minimum absolute atomic E-state index is 0.314. The van der Waals surface area contributed by atoms with Gasteiger partial charge in [0.2, 0.25) is 0 Å². The van der Waals surface area contributed by atoms with Gasteiger partial charge in [0, 0.05) is 6.29 Å². The summed E-state index contributed by atoms with van der Waals surface area (Å²) in [6, 6.07) is 5.57. The predicted octanol–water partition coefficient (Wildman–Crippen LogP) is 1.29. The summed E-state index contributed by atoms with van der Waals surface area (Å²) in [5.74, 6) is 4.27. The van der Waals surface area contributed by atoms with Crippen molar-refractivity contribution >= 4 is 6.29 Å². The Morgan fingerprint density at radius 3 is 2.45 bits per heavy atom. The van der Waals surface area contributed by atoms with Gasteiger partial charge in [0.15, 0.2) is 0 Å². The van der Waals surface area contributed by atoms with Crippen LogP contribution < -0.4 is 0 Å². The molecule has 0 spiro atoms. The van der Waals surface area contributed by atoms with E-state index in [1.807, 2.05) is 0 Å². The first-order chi connectivity index (χ1) is 5.33. The molecular weight excluding hydrogens is 143 g/mol. The Hall–Kier alpha value is -1.62. The monoisotopic (exact) mass is 147 g/mol. The predicted molar refractivity (Wildman–Crippen MR) is 39.0 cm³/mol. The molecule has 54 valence electrons. The fourth-order valence-electron chi connectivity index (χ4n) is 0.631. The number of halogens is 1. The Morgan fingerprint density at radius 2 is 1.91 bits per heavy atom. The smallest absolute Gasteiger partial charge is 0.123 e. The molecule has 0 unspecified atom stereocenters. The van der Waals surface area contributed by atoms with Gasteiger partial charge in [-0.2, -0.15) is 0 Å². The second-order valence-electron chi connectivity index (χ2n) is 1.86. The van der Waals surface area contributed by atoms with Crippen molar-refractivity contribution in [2.45, 2.75) is 0 Å². The molecule has 0 saturated carbocycles. The van der Waals surface area contributed by atoms with E-state index in [2.05, 4.69) is 11.8 Å². The first-order valence-electron chi connectivity index (χ1n) is 2.96. The fraction of sp³-hybridized carbons (Fsp3) is 0. The molecule has 0 heterocycles. The lowest BCUT2D eigenvalue weighted by Crippen LogP contribution is -1.75. The van der Waals surface area contributed by atoms with Crippen LogP contribution in [0.2, 0.25) is 0 Å². The molecule has 0 aliphatic heterocycles. The molecule has 11 heavy (non-hydrogen) atoms. The molecule has 0 fully saturated rings. The second-order valence-corrected chi connectivity index (χ2v) is 1.86. The Bertz CT molecular complexity index is 303. The van der Waals surface area contributed by atoms with Gasteiger partial charge in [0.05, 0.1) is 0 Å². The fourth-order valence-corrected chi connectivity index (χ4v) is 0.631. The van der Waals surface area contributed by atoms with Crippen LogP contribution in [0.15, 0.2) is 24.3 Å². The van der Waals surface area contributed by atoms with Crippen LogP contribution >= 0.6 is 0 Å². The van der Waals surface area contributed by atoms with E-state index < -0.39 is 0 Å². The van der Waals surface area contributed by atoms with E-state index in [0.29, 0.717) is 5.56 Å². The summed E-state index contributed by atoms with van der Waals surface area (Å²) in [6.45, 7) is 0. The normalized spacial score (nSPS) is 8.09. The van der Waals surface area contributed by atoms with Crippen LogP contribution in [0.1, 0.15) is 5.56 Å².